The molecule has 0 unspecified atom stereocenters. The molecule has 9 heteroatoms. The smallest absolute Gasteiger partial charge is 0.550 e. The summed E-state index contributed by atoms with van der Waals surface area (Å²) in [5, 5.41) is 24.5. The van der Waals surface area contributed by atoms with Gasteiger partial charge in [-0.3, -0.25) is 9.59 Å². The molecule has 1 heterocycles. The van der Waals surface area contributed by atoms with Crippen molar-refractivity contribution < 1.29 is 58.5 Å². The number of carbonyl (C=O) groups is 3. The predicted molar refractivity (Wildman–Crippen MR) is 154 cm³/mol. The molecule has 7 nitrogen and oxygen atoms in total. The Kier molecular flexibility index (Phi) is 11.8. The van der Waals surface area contributed by atoms with Crippen LogP contribution in [0, 0.1) is 5.82 Å². The van der Waals surface area contributed by atoms with Gasteiger partial charge in [-0.25, -0.2) is 4.39 Å². The number of para-hydroxylation sites is 1. The van der Waals surface area contributed by atoms with E-state index in [2.05, 4.69) is 5.32 Å². The van der Waals surface area contributed by atoms with Gasteiger partial charge in [0.15, 0.2) is 0 Å². The number of carbonyl (C=O) groups excluding carboxylic acids is 3. The Balaban J connectivity index is 0.00000484. The summed E-state index contributed by atoms with van der Waals surface area (Å²) >= 11 is 0. The van der Waals surface area contributed by atoms with Crippen molar-refractivity contribution in [3.05, 3.63) is 102 Å². The molecule has 0 fully saturated rings. The van der Waals surface area contributed by atoms with E-state index in [0.29, 0.717) is 33.8 Å². The van der Waals surface area contributed by atoms with E-state index in [9.17, 15) is 29.0 Å². The number of carboxylic acid groups (broad SMARTS) is 1. The second-order valence-electron chi connectivity index (χ2n) is 10.2. The van der Waals surface area contributed by atoms with Gasteiger partial charge < -0.3 is 24.9 Å². The van der Waals surface area contributed by atoms with E-state index in [0.717, 1.165) is 5.56 Å². The quantitative estimate of drug-likeness (QED) is 0.198. The number of amides is 1. The normalized spacial score (nSPS) is 11.5. The van der Waals surface area contributed by atoms with Crippen molar-refractivity contribution in [1.29, 1.82) is 0 Å². The van der Waals surface area contributed by atoms with Crippen LogP contribution >= 0.6 is 0 Å². The molecule has 2 N–H and O–H groups in total. The number of aliphatic hydroxyl groups is 1. The first-order valence-corrected chi connectivity index (χ1v) is 13.5. The van der Waals surface area contributed by atoms with Gasteiger partial charge in [-0.2, -0.15) is 0 Å². The molecule has 3 aromatic carbocycles. The molecule has 0 saturated heterocycles. The Labute approximate surface area is 266 Å². The maximum Gasteiger partial charge on any atom is 1.00 e. The number of anilines is 1. The number of carboxylic acids is 1. The summed E-state index contributed by atoms with van der Waals surface area (Å²) in [4.78, 5) is 36.8. The van der Waals surface area contributed by atoms with Crippen LogP contribution in [0.25, 0.3) is 22.4 Å². The number of Topliss-reactive ketones (excluding diaryl/α,β-unsaturated/α-hetero) is 1. The molecule has 1 aromatic heterocycles. The van der Waals surface area contributed by atoms with Gasteiger partial charge in [-0.15, -0.1) is 0 Å². The predicted octanol–water partition coefficient (Wildman–Crippen LogP) is 2.19. The molecule has 4 aromatic rings. The Morgan fingerprint density at radius 3 is 2.07 bits per heavy atom. The molecule has 212 valence electrons. The van der Waals surface area contributed by atoms with Crippen LogP contribution in [0.4, 0.5) is 10.1 Å². The van der Waals surface area contributed by atoms with Crippen LogP contribution in [0.2, 0.25) is 0 Å². The van der Waals surface area contributed by atoms with Crippen molar-refractivity contribution in [3.8, 4) is 22.4 Å². The van der Waals surface area contributed by atoms with Gasteiger partial charge in [0.1, 0.15) is 11.6 Å². The van der Waals surface area contributed by atoms with Gasteiger partial charge in [0.2, 0.25) is 0 Å². The number of nitrogens with one attached hydrogen (secondary N) is 1. The monoisotopic (exact) mass is 578 g/mol. The average Bonchev–Trinajstić information content (AvgIpc) is 3.28. The molecule has 0 aliphatic heterocycles. The zero-order valence-corrected chi connectivity index (χ0v) is 26.0. The second kappa shape index (κ2) is 15.1. The third kappa shape index (κ3) is 8.04. The molecule has 0 saturated carbocycles. The van der Waals surface area contributed by atoms with Crippen molar-refractivity contribution in [2.45, 2.75) is 51.7 Å². The maximum atomic E-state index is 14.0. The SMILES string of the molecule is CC(C)c1c(C(=O)Nc2ccccc2)c(-c2ccccc2)c(-c2ccc(F)cc2)n1CC[C@@H](O)CC(=O)CC(=O)[O-].[Na+]. The third-order valence-electron chi connectivity index (χ3n) is 6.78. The summed E-state index contributed by atoms with van der Waals surface area (Å²) in [6, 6.07) is 24.6. The first-order valence-electron chi connectivity index (χ1n) is 13.5. The fourth-order valence-corrected chi connectivity index (χ4v) is 5.08. The summed E-state index contributed by atoms with van der Waals surface area (Å²) in [7, 11) is 0. The van der Waals surface area contributed by atoms with Crippen molar-refractivity contribution in [2.75, 3.05) is 5.32 Å². The van der Waals surface area contributed by atoms with Gasteiger partial charge in [-0.05, 0) is 59.9 Å². The summed E-state index contributed by atoms with van der Waals surface area (Å²) in [6.07, 6.45) is -2.08. The molecule has 42 heavy (non-hydrogen) atoms. The van der Waals surface area contributed by atoms with Crippen LogP contribution in [-0.2, 0) is 16.1 Å². The Hall–Kier alpha value is -3.56. The summed E-state index contributed by atoms with van der Waals surface area (Å²) in [6.45, 7) is 4.15. The molecule has 0 radical (unpaired) electrons. The Morgan fingerprint density at radius 1 is 0.905 bits per heavy atom. The molecule has 0 spiro atoms. The molecule has 0 aliphatic carbocycles. The van der Waals surface area contributed by atoms with E-state index in [1.165, 1.54) is 12.1 Å². The van der Waals surface area contributed by atoms with Crippen LogP contribution in [0.5, 0.6) is 0 Å². The molecule has 4 rings (SSSR count). The first kappa shape index (κ1) is 32.9. The van der Waals surface area contributed by atoms with Crippen molar-refractivity contribution >= 4 is 23.3 Å². The minimum atomic E-state index is -1.49. The molecular weight excluding hydrogens is 546 g/mol. The van der Waals surface area contributed by atoms with E-state index in [1.807, 2.05) is 66.9 Å². The second-order valence-corrected chi connectivity index (χ2v) is 10.2. The largest absolute Gasteiger partial charge is 1.00 e. The number of aliphatic hydroxyl groups excluding tert-OH is 1. The van der Waals surface area contributed by atoms with E-state index in [4.69, 9.17) is 0 Å². The fraction of sp³-hybridized carbons (Fsp3) is 0.242. The Bertz CT molecular complexity index is 1520. The number of benzene rings is 3. The number of hydrogen-bond acceptors (Lipinski definition) is 5. The van der Waals surface area contributed by atoms with Crippen LogP contribution in [-0.4, -0.2) is 33.4 Å². The van der Waals surface area contributed by atoms with Crippen molar-refractivity contribution in [3.63, 3.8) is 0 Å². The summed E-state index contributed by atoms with van der Waals surface area (Å²) in [5.41, 5.74) is 4.60. The van der Waals surface area contributed by atoms with Gasteiger partial charge >= 0.3 is 29.6 Å². The maximum absolute atomic E-state index is 14.0. The summed E-state index contributed by atoms with van der Waals surface area (Å²) in [5.74, 6) is -2.97. The third-order valence-corrected chi connectivity index (χ3v) is 6.78. The first-order chi connectivity index (χ1) is 19.7. The number of aliphatic carboxylic acids is 1. The topological polar surface area (TPSA) is 111 Å². The minimum Gasteiger partial charge on any atom is -0.550 e. The van der Waals surface area contributed by atoms with Gasteiger partial charge in [0.25, 0.3) is 5.91 Å². The van der Waals surface area contributed by atoms with E-state index in [1.54, 1.807) is 24.3 Å². The van der Waals surface area contributed by atoms with Crippen LogP contribution < -0.4 is 40.0 Å². The molecule has 0 aliphatic rings. The molecule has 0 bridgehead atoms. The zero-order chi connectivity index (χ0) is 29.5. The number of ketones is 1. The molecular formula is C33H32FN2NaO5. The van der Waals surface area contributed by atoms with Gasteiger partial charge in [-0.1, -0.05) is 62.4 Å². The summed E-state index contributed by atoms with van der Waals surface area (Å²) < 4.78 is 15.9. The van der Waals surface area contributed by atoms with E-state index in [-0.39, 0.29) is 60.8 Å². The van der Waals surface area contributed by atoms with E-state index >= 15 is 0 Å². The number of hydrogen-bond donors (Lipinski definition) is 2. The zero-order valence-electron chi connectivity index (χ0n) is 24.0. The molecule has 1 atom stereocenters. The van der Waals surface area contributed by atoms with E-state index < -0.39 is 30.1 Å². The standard InChI is InChI=1S/C33H33FN2O5.Na/c1-21(2)31-30(33(41)35-25-11-7-4-8-12-25)29(22-9-5-3-6-10-22)32(23-13-15-24(34)16-14-23)36(31)18-17-26(37)19-27(38)20-28(39)40;/h3-16,21,26,37H,17-20H2,1-2H3,(H,35,41)(H,39,40);/q;+1/p-1/t26-;/m1./s1. The van der Waals surface area contributed by atoms with Crippen LogP contribution in [0.15, 0.2) is 84.9 Å². The Morgan fingerprint density at radius 2 is 1.50 bits per heavy atom. The fourth-order valence-electron chi connectivity index (χ4n) is 5.08. The van der Waals surface area contributed by atoms with Gasteiger partial charge in [0, 0.05) is 42.3 Å². The number of rotatable bonds is 12. The van der Waals surface area contributed by atoms with Crippen LogP contribution in [0.1, 0.15) is 55.1 Å². The van der Waals surface area contributed by atoms with Gasteiger partial charge in [0.05, 0.1) is 17.4 Å². The number of nitrogens with zero attached hydrogens (tertiary/aromatic N) is 1. The minimum absolute atomic E-state index is 0. The van der Waals surface area contributed by atoms with Crippen molar-refractivity contribution in [2.24, 2.45) is 0 Å². The van der Waals surface area contributed by atoms with Crippen molar-refractivity contribution in [1.82, 2.24) is 4.57 Å². The van der Waals surface area contributed by atoms with Crippen LogP contribution in [0.3, 0.4) is 0 Å². The average molecular weight is 579 g/mol. The number of halogens is 1. The number of aromatic nitrogens is 1. The molecule has 1 amide bonds.